The van der Waals surface area contributed by atoms with Gasteiger partial charge in [0.05, 0.1) is 31.0 Å². The molecule has 0 saturated heterocycles. The molecule has 0 bridgehead atoms. The van der Waals surface area contributed by atoms with E-state index in [9.17, 15) is 14.4 Å². The summed E-state index contributed by atoms with van der Waals surface area (Å²) in [4.78, 5) is 37.3. The van der Waals surface area contributed by atoms with Crippen molar-refractivity contribution in [2.24, 2.45) is 5.73 Å². The fourth-order valence-electron chi connectivity index (χ4n) is 4.62. The molecule has 0 aliphatic heterocycles. The Kier molecular flexibility index (Phi) is 9.65. The first-order valence-corrected chi connectivity index (χ1v) is 14.1. The summed E-state index contributed by atoms with van der Waals surface area (Å²) in [7, 11) is 1.33. The molecule has 5 aromatic rings. The van der Waals surface area contributed by atoms with Crippen LogP contribution in [0.3, 0.4) is 0 Å². The maximum atomic E-state index is 13.3. The van der Waals surface area contributed by atoms with Crippen LogP contribution in [0.2, 0.25) is 5.02 Å². The minimum atomic E-state index is -0.755. The average Bonchev–Trinajstić information content (AvgIpc) is 3.59. The van der Waals surface area contributed by atoms with Crippen molar-refractivity contribution in [3.05, 3.63) is 124 Å². The summed E-state index contributed by atoms with van der Waals surface area (Å²) in [6.07, 6.45) is 4.92. The smallest absolute Gasteiger partial charge is 0.309 e. The number of carbonyl (C=O) groups excluding carboxylic acids is 3. The lowest BCUT2D eigenvalue weighted by molar-refractivity contribution is -0.139. The van der Waals surface area contributed by atoms with Crippen LogP contribution < -0.4 is 11.1 Å². The summed E-state index contributed by atoms with van der Waals surface area (Å²) < 4.78 is 6.20. The molecule has 2 heterocycles. The van der Waals surface area contributed by atoms with E-state index in [0.29, 0.717) is 39.5 Å². The van der Waals surface area contributed by atoms with Gasteiger partial charge in [0, 0.05) is 22.2 Å². The zero-order valence-electron chi connectivity index (χ0n) is 24.0. The molecule has 0 radical (unpaired) electrons. The number of primary amides is 1. The van der Waals surface area contributed by atoms with Gasteiger partial charge in [0.2, 0.25) is 5.91 Å². The van der Waals surface area contributed by atoms with Gasteiger partial charge in [-0.25, -0.2) is 0 Å². The third-order valence-electron chi connectivity index (χ3n) is 6.84. The van der Waals surface area contributed by atoms with Crippen LogP contribution in [-0.2, 0) is 27.2 Å². The van der Waals surface area contributed by atoms with E-state index >= 15 is 0 Å². The molecule has 3 aromatic carbocycles. The lowest BCUT2D eigenvalue weighted by Crippen LogP contribution is -2.30. The number of tetrazole rings is 1. The number of carbonyl (C=O) groups is 3. The number of methoxy groups -OCH3 is 1. The molecule has 0 spiro atoms. The van der Waals surface area contributed by atoms with Gasteiger partial charge in [0.15, 0.2) is 5.69 Å². The average molecular weight is 623 g/mol. The number of aromatic nitrogens is 6. The van der Waals surface area contributed by atoms with E-state index in [1.165, 1.54) is 24.2 Å². The second kappa shape index (κ2) is 14.1. The van der Waals surface area contributed by atoms with E-state index in [0.717, 1.165) is 11.1 Å². The van der Waals surface area contributed by atoms with Crippen molar-refractivity contribution < 1.29 is 19.1 Å². The van der Waals surface area contributed by atoms with E-state index in [4.69, 9.17) is 22.1 Å². The number of halogens is 1. The Morgan fingerprint density at radius 3 is 2.47 bits per heavy atom. The Morgan fingerprint density at radius 2 is 1.78 bits per heavy atom. The summed E-state index contributed by atoms with van der Waals surface area (Å²) in [6.45, 7) is 0. The lowest BCUT2D eigenvalue weighted by atomic mass is 9.97. The van der Waals surface area contributed by atoms with Crippen molar-refractivity contribution in [1.29, 1.82) is 0 Å². The van der Waals surface area contributed by atoms with E-state index < -0.39 is 17.9 Å². The SMILES string of the molecule is COC(=O)Cc1ccc(-c2cc([C@H](Cc3ccccc3)NC(=O)/C=C/c3cc(Cl)ccc3-n3cnnn3)nnc2C(N)=O)cc1. The zero-order valence-corrected chi connectivity index (χ0v) is 24.8. The number of amides is 2. The van der Waals surface area contributed by atoms with Gasteiger partial charge in [0.1, 0.15) is 6.33 Å². The van der Waals surface area contributed by atoms with Crippen molar-refractivity contribution in [3.63, 3.8) is 0 Å². The van der Waals surface area contributed by atoms with Crippen LogP contribution in [0, 0.1) is 0 Å². The van der Waals surface area contributed by atoms with Gasteiger partial charge in [-0.1, -0.05) is 66.2 Å². The first-order chi connectivity index (χ1) is 21.8. The molecule has 3 N–H and O–H groups in total. The highest BCUT2D eigenvalue weighted by Gasteiger charge is 2.21. The van der Waals surface area contributed by atoms with Crippen LogP contribution in [0.5, 0.6) is 0 Å². The summed E-state index contributed by atoms with van der Waals surface area (Å²) in [5.74, 6) is -1.54. The van der Waals surface area contributed by atoms with Gasteiger partial charge in [-0.2, -0.15) is 9.78 Å². The number of rotatable bonds is 11. The molecule has 226 valence electrons. The van der Waals surface area contributed by atoms with Crippen LogP contribution in [-0.4, -0.2) is 55.3 Å². The number of esters is 1. The largest absolute Gasteiger partial charge is 0.469 e. The number of nitrogens with zero attached hydrogens (tertiary/aromatic N) is 6. The highest BCUT2D eigenvalue weighted by atomic mass is 35.5. The fourth-order valence-corrected chi connectivity index (χ4v) is 4.80. The number of hydrogen-bond donors (Lipinski definition) is 2. The maximum Gasteiger partial charge on any atom is 0.309 e. The molecule has 12 nitrogen and oxygen atoms in total. The van der Waals surface area contributed by atoms with Crippen molar-refractivity contribution in [2.75, 3.05) is 7.11 Å². The quantitative estimate of drug-likeness (QED) is 0.165. The van der Waals surface area contributed by atoms with Crippen molar-refractivity contribution in [2.45, 2.75) is 18.9 Å². The van der Waals surface area contributed by atoms with Crippen LogP contribution in [0.25, 0.3) is 22.9 Å². The minimum absolute atomic E-state index is 0.0276. The Hall–Kier alpha value is -5.75. The van der Waals surface area contributed by atoms with E-state index in [1.54, 1.807) is 54.6 Å². The van der Waals surface area contributed by atoms with Crippen LogP contribution >= 0.6 is 11.6 Å². The molecule has 5 rings (SSSR count). The highest BCUT2D eigenvalue weighted by molar-refractivity contribution is 6.30. The number of ether oxygens (including phenoxy) is 1. The third kappa shape index (κ3) is 7.80. The third-order valence-corrected chi connectivity index (χ3v) is 7.08. The van der Waals surface area contributed by atoms with Gasteiger partial charge in [-0.15, -0.1) is 10.2 Å². The maximum absolute atomic E-state index is 13.3. The lowest BCUT2D eigenvalue weighted by Gasteiger charge is -2.19. The standard InChI is InChI=1S/C32H27ClN8O4/c1-45-30(43)16-21-7-9-22(10-8-21)25-18-27(37-38-31(25)32(34)44)26(15-20-5-3-2-4-6-20)36-29(42)14-11-23-17-24(33)12-13-28(23)41-19-35-39-40-41/h2-14,17-19,26H,15-16H2,1H3,(H2,34,44)(H,36,42)/b14-11+/t26-/m0/s1. The molecule has 0 saturated carbocycles. The molecule has 0 aliphatic carbocycles. The zero-order chi connectivity index (χ0) is 31.8. The van der Waals surface area contributed by atoms with E-state index in [-0.39, 0.29) is 18.1 Å². The molecule has 2 aromatic heterocycles. The fraction of sp³-hybridized carbons (Fsp3) is 0.125. The van der Waals surface area contributed by atoms with Gasteiger partial charge in [-0.05, 0) is 63.9 Å². The molecular weight excluding hydrogens is 596 g/mol. The molecule has 2 amide bonds. The molecule has 0 aliphatic rings. The van der Waals surface area contributed by atoms with Gasteiger partial charge in [-0.3, -0.25) is 14.4 Å². The number of hydrogen-bond acceptors (Lipinski definition) is 9. The van der Waals surface area contributed by atoms with Crippen molar-refractivity contribution in [3.8, 4) is 16.8 Å². The second-order valence-electron chi connectivity index (χ2n) is 9.89. The summed E-state index contributed by atoms with van der Waals surface area (Å²) in [5, 5.41) is 23.2. The normalized spacial score (nSPS) is 11.7. The number of benzene rings is 3. The molecule has 0 unspecified atom stereocenters. The molecule has 45 heavy (non-hydrogen) atoms. The number of nitrogens with one attached hydrogen (secondary N) is 1. The Bertz CT molecular complexity index is 1850. The molecule has 13 heteroatoms. The van der Waals surface area contributed by atoms with Gasteiger partial charge >= 0.3 is 5.97 Å². The van der Waals surface area contributed by atoms with Crippen LogP contribution in [0.15, 0.2) is 91.3 Å². The summed E-state index contributed by atoms with van der Waals surface area (Å²) in [5.41, 5.74) is 10.0. The Labute approximate surface area is 262 Å². The summed E-state index contributed by atoms with van der Waals surface area (Å²) >= 11 is 6.22. The summed E-state index contributed by atoms with van der Waals surface area (Å²) in [6, 6.07) is 22.8. The minimum Gasteiger partial charge on any atom is -0.469 e. The van der Waals surface area contributed by atoms with Gasteiger partial charge in [0.25, 0.3) is 5.91 Å². The number of nitrogens with two attached hydrogens (primary N) is 1. The molecule has 1 atom stereocenters. The predicted octanol–water partition coefficient (Wildman–Crippen LogP) is 3.70. The molecular formula is C32H27ClN8O4. The van der Waals surface area contributed by atoms with Crippen molar-refractivity contribution in [1.82, 2.24) is 35.7 Å². The van der Waals surface area contributed by atoms with Crippen LogP contribution in [0.4, 0.5) is 0 Å². The first-order valence-electron chi connectivity index (χ1n) is 13.7. The Balaban J connectivity index is 1.46. The molecule has 0 fully saturated rings. The van der Waals surface area contributed by atoms with Crippen molar-refractivity contribution >= 4 is 35.5 Å². The predicted molar refractivity (Wildman–Crippen MR) is 166 cm³/mol. The first kappa shape index (κ1) is 30.7. The van der Waals surface area contributed by atoms with E-state index in [2.05, 4.69) is 31.0 Å². The highest BCUT2D eigenvalue weighted by Crippen LogP contribution is 2.27. The van der Waals surface area contributed by atoms with Crippen LogP contribution in [0.1, 0.15) is 38.9 Å². The van der Waals surface area contributed by atoms with E-state index in [1.807, 2.05) is 30.3 Å². The van der Waals surface area contributed by atoms with Gasteiger partial charge < -0.3 is 15.8 Å². The topological polar surface area (TPSA) is 168 Å². The second-order valence-corrected chi connectivity index (χ2v) is 10.3. The monoisotopic (exact) mass is 622 g/mol. The Morgan fingerprint density at radius 1 is 1.00 bits per heavy atom.